The lowest BCUT2D eigenvalue weighted by molar-refractivity contribution is 1.10. The molecule has 0 N–H and O–H groups in total. The molecule has 2 heterocycles. The highest BCUT2D eigenvalue weighted by Crippen LogP contribution is 2.36. The van der Waals surface area contributed by atoms with Crippen molar-refractivity contribution in [3.05, 3.63) is 162 Å². The third kappa shape index (κ3) is 4.94. The fourth-order valence-corrected chi connectivity index (χ4v) is 5.43. The van der Waals surface area contributed by atoms with E-state index < -0.39 is 0 Å². The molecule has 5 aromatic rings. The van der Waals surface area contributed by atoms with Crippen molar-refractivity contribution >= 4 is 29.0 Å². The summed E-state index contributed by atoms with van der Waals surface area (Å²) >= 11 is 0. The van der Waals surface area contributed by atoms with Crippen molar-refractivity contribution in [1.82, 2.24) is 9.97 Å². The maximum atomic E-state index is 5.19. The molecule has 0 radical (unpaired) electrons. The molecule has 0 saturated heterocycles. The first-order valence-electron chi connectivity index (χ1n) is 13.7. The molecule has 0 saturated carbocycles. The van der Waals surface area contributed by atoms with E-state index in [2.05, 4.69) is 123 Å². The molecule has 6 rings (SSSR count). The second kappa shape index (κ2) is 11.1. The molecule has 1 aliphatic rings. The predicted octanol–water partition coefficient (Wildman–Crippen LogP) is 7.98. The second-order valence-electron chi connectivity index (χ2n) is 10.1. The zero-order valence-electron chi connectivity index (χ0n) is 23.4. The number of aromatic nitrogens is 2. The third-order valence-corrected chi connectivity index (χ3v) is 7.55. The molecule has 3 heteroatoms. The van der Waals surface area contributed by atoms with E-state index in [1.165, 1.54) is 16.4 Å². The minimum atomic E-state index is 0.629. The van der Waals surface area contributed by atoms with Crippen LogP contribution in [0.2, 0.25) is 0 Å². The quantitative estimate of drug-likeness (QED) is 0.209. The molecular weight excluding hydrogens is 498 g/mol. The first kappa shape index (κ1) is 26.0. The lowest BCUT2D eigenvalue weighted by Gasteiger charge is -2.24. The van der Waals surface area contributed by atoms with Gasteiger partial charge in [0.05, 0.1) is 17.1 Å². The fourth-order valence-electron chi connectivity index (χ4n) is 5.43. The minimum Gasteiger partial charge on any atom is -0.284 e. The number of aryl methyl sites for hydroxylation is 1. The van der Waals surface area contributed by atoms with Crippen molar-refractivity contribution in [3.63, 3.8) is 0 Å². The van der Waals surface area contributed by atoms with E-state index in [1.54, 1.807) is 6.08 Å². The van der Waals surface area contributed by atoms with Gasteiger partial charge in [-0.1, -0.05) is 128 Å². The number of allylic oxidation sites excluding steroid dienone is 4. The molecule has 0 bridgehead atoms. The third-order valence-electron chi connectivity index (χ3n) is 7.55. The SMILES string of the molecule is C=C/C=C(\C=C)c1ccc(-c2cc(-c3ccccc3)nc(N3C=c4ccccc4=C(C)c4cccc(C)c43)n2)cc1. The van der Waals surface area contributed by atoms with Crippen LogP contribution in [-0.2, 0) is 0 Å². The van der Waals surface area contributed by atoms with Crippen LogP contribution in [0.15, 0.2) is 135 Å². The summed E-state index contributed by atoms with van der Waals surface area (Å²) in [7, 11) is 0. The average molecular weight is 530 g/mol. The Kier molecular flexibility index (Phi) is 7.01. The van der Waals surface area contributed by atoms with E-state index >= 15 is 0 Å². The summed E-state index contributed by atoms with van der Waals surface area (Å²) in [4.78, 5) is 12.5. The highest BCUT2D eigenvalue weighted by Gasteiger charge is 2.22. The minimum absolute atomic E-state index is 0.629. The van der Waals surface area contributed by atoms with Crippen LogP contribution in [0.25, 0.3) is 39.9 Å². The lowest BCUT2D eigenvalue weighted by Crippen LogP contribution is -2.27. The molecule has 0 spiro atoms. The fraction of sp³-hybridized carbons (Fsp3) is 0.0526. The summed E-state index contributed by atoms with van der Waals surface area (Å²) in [5, 5.41) is 2.34. The van der Waals surface area contributed by atoms with E-state index in [-0.39, 0.29) is 0 Å². The van der Waals surface area contributed by atoms with Gasteiger partial charge in [-0.2, -0.15) is 0 Å². The standard InChI is InChI=1S/C38H31N3/c1-5-13-28(6-2)29-20-22-31(23-21-29)36-24-35(30-15-8-7-9-16-30)39-38(40-36)41-25-32-17-10-11-18-33(32)27(4)34-19-12-14-26(3)37(34)41/h5-25H,1-2H2,3-4H3/b28-13+. The van der Waals surface area contributed by atoms with Crippen LogP contribution >= 0.6 is 0 Å². The number of para-hydroxylation sites is 1. The summed E-state index contributed by atoms with van der Waals surface area (Å²) in [6.07, 6.45) is 7.76. The lowest BCUT2D eigenvalue weighted by atomic mass is 9.99. The van der Waals surface area contributed by atoms with Gasteiger partial charge in [-0.25, -0.2) is 9.97 Å². The maximum absolute atomic E-state index is 5.19. The number of hydrogen-bond acceptors (Lipinski definition) is 3. The first-order valence-corrected chi connectivity index (χ1v) is 13.7. The largest absolute Gasteiger partial charge is 0.284 e. The Morgan fingerprint density at radius 3 is 2.12 bits per heavy atom. The van der Waals surface area contributed by atoms with Gasteiger partial charge in [0.1, 0.15) is 0 Å². The van der Waals surface area contributed by atoms with E-state index in [0.717, 1.165) is 50.1 Å². The molecule has 3 nitrogen and oxygen atoms in total. The summed E-state index contributed by atoms with van der Waals surface area (Å²) in [5.41, 5.74) is 10.6. The van der Waals surface area contributed by atoms with Crippen molar-refractivity contribution in [2.45, 2.75) is 13.8 Å². The normalized spacial score (nSPS) is 12.6. The van der Waals surface area contributed by atoms with Gasteiger partial charge in [0.15, 0.2) is 0 Å². The van der Waals surface area contributed by atoms with Gasteiger partial charge in [-0.3, -0.25) is 4.90 Å². The van der Waals surface area contributed by atoms with E-state index in [1.807, 2.05) is 30.4 Å². The zero-order valence-corrected chi connectivity index (χ0v) is 23.4. The van der Waals surface area contributed by atoms with Crippen molar-refractivity contribution in [3.8, 4) is 22.5 Å². The van der Waals surface area contributed by atoms with Crippen LogP contribution in [0, 0.1) is 6.92 Å². The molecule has 0 aliphatic carbocycles. The Hall–Kier alpha value is -5.28. The molecule has 0 atom stereocenters. The highest BCUT2D eigenvalue weighted by atomic mass is 15.2. The van der Waals surface area contributed by atoms with Crippen LogP contribution in [0.5, 0.6) is 0 Å². The van der Waals surface area contributed by atoms with Crippen LogP contribution in [0.3, 0.4) is 0 Å². The number of rotatable bonds is 6. The van der Waals surface area contributed by atoms with E-state index in [0.29, 0.717) is 5.95 Å². The van der Waals surface area contributed by atoms with Crippen LogP contribution < -0.4 is 15.3 Å². The van der Waals surface area contributed by atoms with Gasteiger partial charge in [-0.05, 0) is 52.6 Å². The molecule has 4 aromatic carbocycles. The smallest absolute Gasteiger partial charge is 0.235 e. The molecule has 0 unspecified atom stereocenters. The van der Waals surface area contributed by atoms with Gasteiger partial charge < -0.3 is 0 Å². The molecule has 1 aliphatic heterocycles. The summed E-state index contributed by atoms with van der Waals surface area (Å²) in [5.74, 6) is 0.629. The van der Waals surface area contributed by atoms with Crippen molar-refractivity contribution in [2.75, 3.05) is 4.90 Å². The zero-order chi connectivity index (χ0) is 28.3. The van der Waals surface area contributed by atoms with Crippen LogP contribution in [-0.4, -0.2) is 9.97 Å². The van der Waals surface area contributed by atoms with E-state index in [4.69, 9.17) is 9.97 Å². The number of benzene rings is 4. The molecule has 198 valence electrons. The summed E-state index contributed by atoms with van der Waals surface area (Å²) in [6, 6.07) is 35.8. The van der Waals surface area contributed by atoms with Crippen molar-refractivity contribution in [1.29, 1.82) is 0 Å². The summed E-state index contributed by atoms with van der Waals surface area (Å²) in [6.45, 7) is 12.1. The molecule has 0 amide bonds. The van der Waals surface area contributed by atoms with Crippen molar-refractivity contribution in [2.24, 2.45) is 0 Å². The van der Waals surface area contributed by atoms with Gasteiger partial charge in [0.2, 0.25) is 5.95 Å². The number of anilines is 2. The first-order chi connectivity index (χ1) is 20.1. The Bertz CT molecular complexity index is 1930. The average Bonchev–Trinajstić information content (AvgIpc) is 3.15. The Morgan fingerprint density at radius 1 is 0.732 bits per heavy atom. The van der Waals surface area contributed by atoms with Gasteiger partial charge in [0.25, 0.3) is 0 Å². The van der Waals surface area contributed by atoms with Gasteiger partial charge in [-0.15, -0.1) is 0 Å². The monoisotopic (exact) mass is 529 g/mol. The molecular formula is C38H31N3. The number of hydrogen-bond donors (Lipinski definition) is 0. The molecule has 0 fully saturated rings. The summed E-state index contributed by atoms with van der Waals surface area (Å²) < 4.78 is 0. The van der Waals surface area contributed by atoms with Gasteiger partial charge >= 0.3 is 0 Å². The number of fused-ring (bicyclic) bond motifs is 2. The Morgan fingerprint density at radius 2 is 1.41 bits per heavy atom. The van der Waals surface area contributed by atoms with Crippen LogP contribution in [0.4, 0.5) is 11.6 Å². The predicted molar refractivity (Wildman–Crippen MR) is 173 cm³/mol. The maximum Gasteiger partial charge on any atom is 0.235 e. The van der Waals surface area contributed by atoms with E-state index in [9.17, 15) is 0 Å². The Labute approximate surface area is 241 Å². The topological polar surface area (TPSA) is 29.0 Å². The van der Waals surface area contributed by atoms with Crippen LogP contribution in [0.1, 0.15) is 23.6 Å². The number of nitrogens with zero attached hydrogens (tertiary/aromatic N) is 3. The molecule has 1 aromatic heterocycles. The Balaban J connectivity index is 1.59. The molecule has 41 heavy (non-hydrogen) atoms. The van der Waals surface area contributed by atoms with Gasteiger partial charge in [0, 0.05) is 22.9 Å². The highest BCUT2D eigenvalue weighted by molar-refractivity contribution is 5.87. The second-order valence-corrected chi connectivity index (χ2v) is 10.1. The van der Waals surface area contributed by atoms with Crippen molar-refractivity contribution < 1.29 is 0 Å².